The van der Waals surface area contributed by atoms with Gasteiger partial charge in [-0.05, 0) is 24.6 Å². The minimum Gasteiger partial charge on any atom is -0.369 e. The first kappa shape index (κ1) is 13.9. The Kier molecular flexibility index (Phi) is 4.27. The molecule has 20 heavy (non-hydrogen) atoms. The molecule has 0 atom stereocenters. The number of nitrogens with zero attached hydrogens (tertiary/aromatic N) is 3. The number of likely N-dealkylation sites (tertiary alicyclic amines) is 1. The van der Waals surface area contributed by atoms with Crippen LogP contribution in [0.3, 0.4) is 0 Å². The third-order valence-corrected chi connectivity index (χ3v) is 4.61. The fourth-order valence-corrected chi connectivity index (χ4v) is 3.08. The van der Waals surface area contributed by atoms with E-state index in [9.17, 15) is 4.79 Å². The molecule has 4 nitrogen and oxygen atoms in total. The molecule has 5 heteroatoms. The number of piperazine rings is 1. The van der Waals surface area contributed by atoms with Crippen molar-refractivity contribution in [3.8, 4) is 0 Å². The van der Waals surface area contributed by atoms with Crippen molar-refractivity contribution in [3.05, 3.63) is 28.7 Å². The summed E-state index contributed by atoms with van der Waals surface area (Å²) in [7, 11) is 0. The summed E-state index contributed by atoms with van der Waals surface area (Å²) in [5.74, 6) is 0.298. The molecule has 0 bridgehead atoms. The molecule has 2 fully saturated rings. The van der Waals surface area contributed by atoms with E-state index in [0.29, 0.717) is 12.5 Å². The van der Waals surface area contributed by atoms with Crippen LogP contribution in [0.2, 0.25) is 0 Å². The number of hydrogen-bond acceptors (Lipinski definition) is 3. The molecule has 2 aliphatic rings. The molecule has 0 saturated carbocycles. The molecular weight excluding hydrogens is 318 g/mol. The average Bonchev–Trinajstić information content (AvgIpc) is 2.37. The Hall–Kier alpha value is -1.07. The lowest BCUT2D eigenvalue weighted by Gasteiger charge is -2.38. The molecule has 2 saturated heterocycles. The van der Waals surface area contributed by atoms with Gasteiger partial charge in [-0.3, -0.25) is 9.69 Å². The largest absolute Gasteiger partial charge is 0.369 e. The summed E-state index contributed by atoms with van der Waals surface area (Å²) in [4.78, 5) is 18.6. The summed E-state index contributed by atoms with van der Waals surface area (Å²) in [6.45, 7) is 6.41. The predicted octanol–water partition coefficient (Wildman–Crippen LogP) is 1.80. The van der Waals surface area contributed by atoms with E-state index in [1.165, 1.54) is 12.1 Å². The molecule has 0 aliphatic carbocycles. The molecule has 1 aromatic carbocycles. The van der Waals surface area contributed by atoms with Crippen molar-refractivity contribution in [1.29, 1.82) is 0 Å². The van der Waals surface area contributed by atoms with Crippen LogP contribution in [-0.4, -0.2) is 61.5 Å². The van der Waals surface area contributed by atoms with E-state index in [1.807, 2.05) is 11.0 Å². The fraction of sp³-hybridized carbons (Fsp3) is 0.533. The van der Waals surface area contributed by atoms with Gasteiger partial charge in [-0.1, -0.05) is 22.0 Å². The van der Waals surface area contributed by atoms with Crippen LogP contribution in [0.25, 0.3) is 0 Å². The monoisotopic (exact) mass is 337 g/mol. The lowest BCUT2D eigenvalue weighted by Crippen LogP contribution is -2.52. The first-order valence-corrected chi connectivity index (χ1v) is 8.02. The van der Waals surface area contributed by atoms with E-state index in [-0.39, 0.29) is 0 Å². The van der Waals surface area contributed by atoms with E-state index in [0.717, 1.165) is 43.7 Å². The Morgan fingerprint density at radius 1 is 1.10 bits per heavy atom. The van der Waals surface area contributed by atoms with Gasteiger partial charge in [0.05, 0.1) is 6.54 Å². The SMILES string of the molecule is O=C(CN1CCN(c2cccc(Br)c2)CC1)N1CCC1. The molecule has 0 radical (unpaired) electrons. The fourth-order valence-electron chi connectivity index (χ4n) is 2.69. The summed E-state index contributed by atoms with van der Waals surface area (Å²) in [6, 6.07) is 8.41. The first-order chi connectivity index (χ1) is 9.72. The Morgan fingerprint density at radius 2 is 1.85 bits per heavy atom. The van der Waals surface area contributed by atoms with Gasteiger partial charge in [0, 0.05) is 49.4 Å². The van der Waals surface area contributed by atoms with Crippen molar-refractivity contribution < 1.29 is 4.79 Å². The van der Waals surface area contributed by atoms with Gasteiger partial charge >= 0.3 is 0 Å². The van der Waals surface area contributed by atoms with Crippen molar-refractivity contribution in [1.82, 2.24) is 9.80 Å². The second-order valence-corrected chi connectivity index (χ2v) is 6.39. The number of benzene rings is 1. The smallest absolute Gasteiger partial charge is 0.236 e. The van der Waals surface area contributed by atoms with E-state index in [2.05, 4.69) is 43.9 Å². The van der Waals surface area contributed by atoms with Gasteiger partial charge in [0.15, 0.2) is 0 Å². The van der Waals surface area contributed by atoms with Crippen LogP contribution in [0.4, 0.5) is 5.69 Å². The lowest BCUT2D eigenvalue weighted by atomic mass is 10.2. The Morgan fingerprint density at radius 3 is 2.45 bits per heavy atom. The van der Waals surface area contributed by atoms with Crippen LogP contribution in [0.15, 0.2) is 28.7 Å². The molecular formula is C15H20BrN3O. The van der Waals surface area contributed by atoms with Gasteiger partial charge in [-0.2, -0.15) is 0 Å². The van der Waals surface area contributed by atoms with Crippen molar-refractivity contribution in [2.75, 3.05) is 50.7 Å². The van der Waals surface area contributed by atoms with E-state index in [1.54, 1.807) is 0 Å². The first-order valence-electron chi connectivity index (χ1n) is 7.23. The van der Waals surface area contributed by atoms with E-state index in [4.69, 9.17) is 0 Å². The zero-order valence-corrected chi connectivity index (χ0v) is 13.2. The number of amides is 1. The second kappa shape index (κ2) is 6.14. The average molecular weight is 338 g/mol. The minimum absolute atomic E-state index is 0.298. The van der Waals surface area contributed by atoms with E-state index < -0.39 is 0 Å². The third-order valence-electron chi connectivity index (χ3n) is 4.11. The highest BCUT2D eigenvalue weighted by Gasteiger charge is 2.24. The number of anilines is 1. The summed E-state index contributed by atoms with van der Waals surface area (Å²) < 4.78 is 1.12. The molecule has 0 N–H and O–H groups in total. The van der Waals surface area contributed by atoms with Crippen LogP contribution >= 0.6 is 15.9 Å². The van der Waals surface area contributed by atoms with Crippen LogP contribution in [0.1, 0.15) is 6.42 Å². The second-order valence-electron chi connectivity index (χ2n) is 5.48. The Labute approximate surface area is 128 Å². The number of carbonyl (C=O) groups excluding carboxylic acids is 1. The molecule has 2 heterocycles. The predicted molar refractivity (Wildman–Crippen MR) is 84.0 cm³/mol. The van der Waals surface area contributed by atoms with Gasteiger partial charge in [0.25, 0.3) is 0 Å². The van der Waals surface area contributed by atoms with Crippen LogP contribution < -0.4 is 4.90 Å². The number of hydrogen-bond donors (Lipinski definition) is 0. The van der Waals surface area contributed by atoms with Gasteiger partial charge < -0.3 is 9.80 Å². The van der Waals surface area contributed by atoms with Gasteiger partial charge in [0.2, 0.25) is 5.91 Å². The minimum atomic E-state index is 0.298. The molecule has 1 aromatic rings. The third kappa shape index (κ3) is 3.15. The highest BCUT2D eigenvalue weighted by molar-refractivity contribution is 9.10. The molecule has 1 amide bonds. The molecule has 3 rings (SSSR count). The summed E-state index contributed by atoms with van der Waals surface area (Å²) >= 11 is 3.52. The summed E-state index contributed by atoms with van der Waals surface area (Å²) in [5.41, 5.74) is 1.26. The van der Waals surface area contributed by atoms with Crippen LogP contribution in [0, 0.1) is 0 Å². The molecule has 2 aliphatic heterocycles. The van der Waals surface area contributed by atoms with E-state index >= 15 is 0 Å². The number of carbonyl (C=O) groups is 1. The summed E-state index contributed by atoms with van der Waals surface area (Å²) in [5, 5.41) is 0. The summed E-state index contributed by atoms with van der Waals surface area (Å²) in [6.07, 6.45) is 1.17. The Balaban J connectivity index is 1.50. The van der Waals surface area contributed by atoms with Crippen LogP contribution in [0.5, 0.6) is 0 Å². The van der Waals surface area contributed by atoms with Crippen LogP contribution in [-0.2, 0) is 4.79 Å². The van der Waals surface area contributed by atoms with Gasteiger partial charge in [-0.25, -0.2) is 0 Å². The van der Waals surface area contributed by atoms with Crippen molar-refractivity contribution >= 4 is 27.5 Å². The van der Waals surface area contributed by atoms with Gasteiger partial charge in [0.1, 0.15) is 0 Å². The zero-order chi connectivity index (χ0) is 13.9. The maximum Gasteiger partial charge on any atom is 0.236 e. The van der Waals surface area contributed by atoms with Crippen molar-refractivity contribution in [3.63, 3.8) is 0 Å². The normalized spacial score (nSPS) is 19.9. The molecule has 0 aromatic heterocycles. The van der Waals surface area contributed by atoms with Crippen molar-refractivity contribution in [2.45, 2.75) is 6.42 Å². The molecule has 0 unspecified atom stereocenters. The van der Waals surface area contributed by atoms with Crippen molar-refractivity contribution in [2.24, 2.45) is 0 Å². The maximum atomic E-state index is 12.0. The standard InChI is InChI=1S/C15H20BrN3O/c16-13-3-1-4-14(11-13)18-9-7-17(8-10-18)12-15(20)19-5-2-6-19/h1,3-4,11H,2,5-10,12H2. The highest BCUT2D eigenvalue weighted by Crippen LogP contribution is 2.21. The Bertz CT molecular complexity index is 482. The molecule has 108 valence electrons. The highest BCUT2D eigenvalue weighted by atomic mass is 79.9. The number of rotatable bonds is 3. The number of halogens is 1. The van der Waals surface area contributed by atoms with Gasteiger partial charge in [-0.15, -0.1) is 0 Å². The molecule has 0 spiro atoms. The topological polar surface area (TPSA) is 26.8 Å². The zero-order valence-electron chi connectivity index (χ0n) is 11.6. The lowest BCUT2D eigenvalue weighted by molar-refractivity contribution is -0.135. The quantitative estimate of drug-likeness (QED) is 0.841. The maximum absolute atomic E-state index is 12.0.